The molecule has 0 aliphatic carbocycles. The van der Waals surface area contributed by atoms with Crippen LogP contribution < -0.4 is 10.1 Å². The van der Waals surface area contributed by atoms with Gasteiger partial charge in [0.15, 0.2) is 0 Å². The van der Waals surface area contributed by atoms with Crippen LogP contribution in [0, 0.1) is 10.1 Å². The van der Waals surface area contributed by atoms with E-state index in [1.807, 2.05) is 30.3 Å². The molecule has 0 atom stereocenters. The highest BCUT2D eigenvalue weighted by molar-refractivity contribution is 6.31. The third-order valence-electron chi connectivity index (χ3n) is 2.85. The number of non-ortho nitro benzene ring substituents is 1. The van der Waals surface area contributed by atoms with Gasteiger partial charge in [0.1, 0.15) is 12.4 Å². The molecule has 0 unspecified atom stereocenters. The third kappa shape index (κ3) is 4.73. The van der Waals surface area contributed by atoms with Crippen LogP contribution in [0.3, 0.4) is 0 Å². The third-order valence-corrected chi connectivity index (χ3v) is 3.22. The number of para-hydroxylation sites is 1. The summed E-state index contributed by atoms with van der Waals surface area (Å²) in [5.74, 6) is 0.813. The van der Waals surface area contributed by atoms with Gasteiger partial charge in [0.2, 0.25) is 0 Å². The summed E-state index contributed by atoms with van der Waals surface area (Å²) in [6.45, 7) is 1.59. The van der Waals surface area contributed by atoms with Crippen molar-refractivity contribution in [2.45, 2.75) is 6.54 Å². The molecule has 0 heterocycles. The van der Waals surface area contributed by atoms with E-state index in [2.05, 4.69) is 5.32 Å². The Morgan fingerprint density at radius 2 is 1.95 bits per heavy atom. The Labute approximate surface area is 127 Å². The molecule has 0 aliphatic heterocycles. The number of benzene rings is 2. The fraction of sp³-hybridized carbons (Fsp3) is 0.200. The lowest BCUT2D eigenvalue weighted by atomic mass is 10.2. The monoisotopic (exact) mass is 306 g/mol. The Hall–Kier alpha value is -2.11. The van der Waals surface area contributed by atoms with E-state index < -0.39 is 4.92 Å². The smallest absolute Gasteiger partial charge is 0.269 e. The molecule has 0 radical (unpaired) electrons. The zero-order chi connectivity index (χ0) is 15.1. The van der Waals surface area contributed by atoms with Crippen LogP contribution in [0.25, 0.3) is 0 Å². The second-order valence-electron chi connectivity index (χ2n) is 4.37. The fourth-order valence-corrected chi connectivity index (χ4v) is 1.98. The summed E-state index contributed by atoms with van der Waals surface area (Å²) in [7, 11) is 0. The average molecular weight is 307 g/mol. The van der Waals surface area contributed by atoms with Crippen molar-refractivity contribution in [3.05, 3.63) is 69.2 Å². The molecule has 0 saturated heterocycles. The molecule has 0 aliphatic rings. The zero-order valence-corrected chi connectivity index (χ0v) is 12.0. The van der Waals surface area contributed by atoms with Gasteiger partial charge in [0.05, 0.1) is 4.92 Å². The second-order valence-corrected chi connectivity index (χ2v) is 4.78. The fourth-order valence-electron chi connectivity index (χ4n) is 1.79. The van der Waals surface area contributed by atoms with E-state index in [-0.39, 0.29) is 5.69 Å². The summed E-state index contributed by atoms with van der Waals surface area (Å²) in [6.07, 6.45) is 0. The molecule has 2 aromatic rings. The van der Waals surface area contributed by atoms with Gasteiger partial charge in [0, 0.05) is 30.2 Å². The number of rotatable bonds is 7. The van der Waals surface area contributed by atoms with Crippen LogP contribution in [0.15, 0.2) is 48.5 Å². The Bertz CT molecular complexity index is 605. The Morgan fingerprint density at radius 3 is 2.67 bits per heavy atom. The maximum Gasteiger partial charge on any atom is 0.269 e. The van der Waals surface area contributed by atoms with Gasteiger partial charge in [-0.25, -0.2) is 0 Å². The predicted octanol–water partition coefficient (Wildman–Crippen LogP) is 3.42. The van der Waals surface area contributed by atoms with Gasteiger partial charge in [-0.1, -0.05) is 29.8 Å². The normalized spacial score (nSPS) is 10.3. The van der Waals surface area contributed by atoms with Crippen molar-refractivity contribution in [2.75, 3.05) is 13.2 Å². The van der Waals surface area contributed by atoms with E-state index in [1.54, 1.807) is 0 Å². The molecule has 0 aromatic heterocycles. The van der Waals surface area contributed by atoms with Crippen molar-refractivity contribution >= 4 is 17.3 Å². The molecule has 110 valence electrons. The first kappa shape index (κ1) is 15.3. The number of ether oxygens (including phenoxy) is 1. The lowest BCUT2D eigenvalue weighted by Crippen LogP contribution is -2.20. The van der Waals surface area contributed by atoms with Gasteiger partial charge in [-0.2, -0.15) is 0 Å². The molecule has 0 fully saturated rings. The maximum absolute atomic E-state index is 10.7. The van der Waals surface area contributed by atoms with Gasteiger partial charge >= 0.3 is 0 Å². The van der Waals surface area contributed by atoms with E-state index in [1.165, 1.54) is 18.2 Å². The van der Waals surface area contributed by atoms with Crippen LogP contribution in [0.4, 0.5) is 5.69 Å². The summed E-state index contributed by atoms with van der Waals surface area (Å²) >= 11 is 6.02. The predicted molar refractivity (Wildman–Crippen MR) is 81.8 cm³/mol. The molecule has 2 rings (SSSR count). The first-order valence-electron chi connectivity index (χ1n) is 6.48. The number of hydrogen-bond acceptors (Lipinski definition) is 4. The van der Waals surface area contributed by atoms with Crippen LogP contribution in [0.5, 0.6) is 5.75 Å². The molecule has 2 aromatic carbocycles. The lowest BCUT2D eigenvalue weighted by Gasteiger charge is -2.08. The summed E-state index contributed by atoms with van der Waals surface area (Å²) in [5.41, 5.74) is 0.738. The van der Waals surface area contributed by atoms with Gasteiger partial charge in [-0.3, -0.25) is 10.1 Å². The topological polar surface area (TPSA) is 64.4 Å². The second kappa shape index (κ2) is 7.61. The van der Waals surface area contributed by atoms with Crippen molar-refractivity contribution in [2.24, 2.45) is 0 Å². The summed E-state index contributed by atoms with van der Waals surface area (Å²) in [6, 6.07) is 13.9. The van der Waals surface area contributed by atoms with E-state index in [0.717, 1.165) is 5.75 Å². The van der Waals surface area contributed by atoms with Crippen molar-refractivity contribution in [1.82, 2.24) is 5.32 Å². The Morgan fingerprint density at radius 1 is 1.19 bits per heavy atom. The number of nitro groups is 1. The van der Waals surface area contributed by atoms with Crippen molar-refractivity contribution in [3.63, 3.8) is 0 Å². The van der Waals surface area contributed by atoms with Crippen LogP contribution in [-0.4, -0.2) is 18.1 Å². The van der Waals surface area contributed by atoms with Gasteiger partial charge < -0.3 is 10.1 Å². The first-order chi connectivity index (χ1) is 10.2. The van der Waals surface area contributed by atoms with Crippen molar-refractivity contribution in [3.8, 4) is 5.75 Å². The molecule has 5 nitrogen and oxygen atoms in total. The minimum Gasteiger partial charge on any atom is -0.492 e. The minimum atomic E-state index is -0.432. The van der Waals surface area contributed by atoms with Crippen LogP contribution >= 0.6 is 11.6 Å². The maximum atomic E-state index is 10.7. The highest BCUT2D eigenvalue weighted by Gasteiger charge is 2.09. The van der Waals surface area contributed by atoms with Gasteiger partial charge in [-0.15, -0.1) is 0 Å². The minimum absolute atomic E-state index is 0.0386. The van der Waals surface area contributed by atoms with Crippen molar-refractivity contribution < 1.29 is 9.66 Å². The van der Waals surface area contributed by atoms with E-state index >= 15 is 0 Å². The van der Waals surface area contributed by atoms with Crippen molar-refractivity contribution in [1.29, 1.82) is 0 Å². The van der Waals surface area contributed by atoms with Gasteiger partial charge in [0.25, 0.3) is 5.69 Å². The molecular weight excluding hydrogens is 292 g/mol. The zero-order valence-electron chi connectivity index (χ0n) is 11.3. The van der Waals surface area contributed by atoms with Gasteiger partial charge in [-0.05, 0) is 23.8 Å². The molecule has 0 amide bonds. The number of nitro benzene ring substituents is 1. The first-order valence-corrected chi connectivity index (χ1v) is 6.86. The average Bonchev–Trinajstić information content (AvgIpc) is 2.49. The summed E-state index contributed by atoms with van der Waals surface area (Å²) in [5, 5.41) is 14.4. The summed E-state index contributed by atoms with van der Waals surface area (Å²) < 4.78 is 5.53. The Kier molecular flexibility index (Phi) is 5.54. The van der Waals surface area contributed by atoms with E-state index in [9.17, 15) is 10.1 Å². The molecule has 0 saturated carbocycles. The number of halogens is 1. The van der Waals surface area contributed by atoms with Crippen LogP contribution in [0.2, 0.25) is 5.02 Å². The number of nitrogens with one attached hydrogen (secondary N) is 1. The number of hydrogen-bond donors (Lipinski definition) is 1. The highest BCUT2D eigenvalue weighted by Crippen LogP contribution is 2.21. The lowest BCUT2D eigenvalue weighted by molar-refractivity contribution is -0.384. The van der Waals surface area contributed by atoms with E-state index in [4.69, 9.17) is 16.3 Å². The SMILES string of the molecule is O=[N+]([O-])c1ccc(Cl)c(CNCCOc2ccccc2)c1. The standard InChI is InChI=1S/C15H15ClN2O3/c16-15-7-6-13(18(19)20)10-12(15)11-17-8-9-21-14-4-2-1-3-5-14/h1-7,10,17H,8-9,11H2. The largest absolute Gasteiger partial charge is 0.492 e. The van der Waals surface area contributed by atoms with Crippen LogP contribution in [-0.2, 0) is 6.54 Å². The van der Waals surface area contributed by atoms with Crippen LogP contribution in [0.1, 0.15) is 5.56 Å². The highest BCUT2D eigenvalue weighted by atomic mass is 35.5. The molecule has 0 bridgehead atoms. The molecule has 21 heavy (non-hydrogen) atoms. The summed E-state index contributed by atoms with van der Waals surface area (Å²) in [4.78, 5) is 10.3. The molecule has 0 spiro atoms. The number of nitrogens with zero attached hydrogens (tertiary/aromatic N) is 1. The molecule has 1 N–H and O–H groups in total. The van der Waals surface area contributed by atoms with E-state index in [0.29, 0.717) is 30.3 Å². The molecular formula is C15H15ClN2O3. The molecule has 6 heteroatoms. The quantitative estimate of drug-likeness (QED) is 0.483. The Balaban J connectivity index is 1.78.